The van der Waals surface area contributed by atoms with Gasteiger partial charge in [-0.15, -0.1) is 0 Å². The van der Waals surface area contributed by atoms with Gasteiger partial charge in [0.05, 0.1) is 6.04 Å². The molecule has 0 radical (unpaired) electrons. The minimum atomic E-state index is -0.170. The van der Waals surface area contributed by atoms with Gasteiger partial charge in [0.1, 0.15) is 0 Å². The molecule has 2 amide bonds. The first-order valence-electron chi connectivity index (χ1n) is 8.93. The second-order valence-electron chi connectivity index (χ2n) is 6.33. The molecule has 3 aromatic carbocycles. The third-order valence-corrected chi connectivity index (χ3v) is 4.48. The van der Waals surface area contributed by atoms with E-state index >= 15 is 0 Å². The summed E-state index contributed by atoms with van der Waals surface area (Å²) >= 11 is 0. The zero-order valence-electron chi connectivity index (χ0n) is 15.0. The van der Waals surface area contributed by atoms with Crippen LogP contribution in [0.4, 0.5) is 4.79 Å². The molecule has 0 saturated carbocycles. The molecule has 3 heteroatoms. The van der Waals surface area contributed by atoms with E-state index in [9.17, 15) is 4.79 Å². The van der Waals surface area contributed by atoms with Gasteiger partial charge in [-0.3, -0.25) is 0 Å². The topological polar surface area (TPSA) is 41.1 Å². The zero-order valence-corrected chi connectivity index (χ0v) is 15.0. The van der Waals surface area contributed by atoms with E-state index in [1.807, 2.05) is 72.8 Å². The van der Waals surface area contributed by atoms with E-state index in [1.165, 1.54) is 11.1 Å². The van der Waals surface area contributed by atoms with Crippen LogP contribution in [0.5, 0.6) is 0 Å². The molecule has 3 aromatic rings. The average molecular weight is 344 g/mol. The first kappa shape index (κ1) is 17.7. The van der Waals surface area contributed by atoms with Gasteiger partial charge in [0.15, 0.2) is 0 Å². The fourth-order valence-electron chi connectivity index (χ4n) is 3.03. The molecule has 0 bridgehead atoms. The van der Waals surface area contributed by atoms with E-state index in [0.717, 1.165) is 17.5 Å². The summed E-state index contributed by atoms with van der Waals surface area (Å²) in [7, 11) is 0. The Hall–Kier alpha value is -3.07. The number of hydrogen-bond donors (Lipinski definition) is 2. The number of hydrogen-bond acceptors (Lipinski definition) is 1. The van der Waals surface area contributed by atoms with Gasteiger partial charge < -0.3 is 10.6 Å². The van der Waals surface area contributed by atoms with Crippen molar-refractivity contribution in [2.75, 3.05) is 6.54 Å². The van der Waals surface area contributed by atoms with Crippen LogP contribution < -0.4 is 10.6 Å². The van der Waals surface area contributed by atoms with Crippen LogP contribution in [-0.2, 0) is 6.42 Å². The number of rotatable bonds is 6. The highest BCUT2D eigenvalue weighted by Gasteiger charge is 2.16. The lowest BCUT2D eigenvalue weighted by Gasteiger charge is -2.20. The largest absolute Gasteiger partial charge is 0.338 e. The molecule has 0 aliphatic rings. The van der Waals surface area contributed by atoms with Gasteiger partial charge in [-0.05, 0) is 35.6 Å². The maximum atomic E-state index is 12.5. The van der Waals surface area contributed by atoms with E-state index in [4.69, 9.17) is 0 Å². The molecular weight excluding hydrogens is 320 g/mol. The smallest absolute Gasteiger partial charge is 0.315 e. The predicted molar refractivity (Wildman–Crippen MR) is 106 cm³/mol. The van der Waals surface area contributed by atoms with Gasteiger partial charge in [-0.2, -0.15) is 0 Å². The summed E-state index contributed by atoms with van der Waals surface area (Å²) in [5, 5.41) is 6.08. The number of nitrogens with one attached hydrogen (secondary N) is 2. The quantitative estimate of drug-likeness (QED) is 0.673. The van der Waals surface area contributed by atoms with E-state index in [2.05, 4.69) is 29.7 Å². The Labute approximate surface area is 155 Å². The van der Waals surface area contributed by atoms with E-state index in [1.54, 1.807) is 0 Å². The van der Waals surface area contributed by atoms with Crippen molar-refractivity contribution >= 4 is 6.03 Å². The summed E-state index contributed by atoms with van der Waals surface area (Å²) in [6.07, 6.45) is 0.821. The highest BCUT2D eigenvalue weighted by atomic mass is 16.2. The standard InChI is InChI=1S/C23H24N2O/c1-18-10-8-9-11-19(18)16-17-24-23(26)25-22(20-12-4-2-5-13-20)21-14-6-3-7-15-21/h2-15,22H,16-17H2,1H3,(H2,24,25,26). The molecule has 0 aliphatic heterocycles. The molecular formula is C23H24N2O. The van der Waals surface area contributed by atoms with Gasteiger partial charge >= 0.3 is 6.03 Å². The van der Waals surface area contributed by atoms with Crippen LogP contribution in [0.3, 0.4) is 0 Å². The van der Waals surface area contributed by atoms with Gasteiger partial charge in [0.25, 0.3) is 0 Å². The van der Waals surface area contributed by atoms with E-state index in [-0.39, 0.29) is 12.1 Å². The summed E-state index contributed by atoms with van der Waals surface area (Å²) in [5.41, 5.74) is 4.64. The number of carbonyl (C=O) groups excluding carboxylic acids is 1. The lowest BCUT2D eigenvalue weighted by molar-refractivity contribution is 0.239. The molecule has 132 valence electrons. The predicted octanol–water partition coefficient (Wildman–Crippen LogP) is 4.63. The summed E-state index contributed by atoms with van der Waals surface area (Å²) in [6, 6.07) is 28.0. The Bertz CT molecular complexity index is 792. The molecule has 0 aromatic heterocycles. The zero-order chi connectivity index (χ0) is 18.2. The van der Waals surface area contributed by atoms with Crippen LogP contribution >= 0.6 is 0 Å². The van der Waals surface area contributed by atoms with Crippen molar-refractivity contribution in [1.82, 2.24) is 10.6 Å². The van der Waals surface area contributed by atoms with E-state index in [0.29, 0.717) is 6.54 Å². The number of carbonyl (C=O) groups is 1. The molecule has 3 nitrogen and oxygen atoms in total. The number of urea groups is 1. The maximum Gasteiger partial charge on any atom is 0.315 e. The Morgan fingerprint density at radius 1 is 0.808 bits per heavy atom. The van der Waals surface area contributed by atoms with Gasteiger partial charge in [-0.25, -0.2) is 4.79 Å². The Balaban J connectivity index is 1.63. The van der Waals surface area contributed by atoms with Crippen LogP contribution in [0.2, 0.25) is 0 Å². The first-order chi connectivity index (χ1) is 12.7. The second kappa shape index (κ2) is 8.86. The number of benzene rings is 3. The lowest BCUT2D eigenvalue weighted by atomic mass is 9.99. The van der Waals surface area contributed by atoms with E-state index < -0.39 is 0 Å². The first-order valence-corrected chi connectivity index (χ1v) is 8.93. The lowest BCUT2D eigenvalue weighted by Crippen LogP contribution is -2.39. The second-order valence-corrected chi connectivity index (χ2v) is 6.33. The number of aryl methyl sites for hydroxylation is 1. The summed E-state index contributed by atoms with van der Waals surface area (Å²) in [4.78, 5) is 12.5. The van der Waals surface area contributed by atoms with Crippen molar-refractivity contribution in [1.29, 1.82) is 0 Å². The Morgan fingerprint density at radius 3 is 1.92 bits per heavy atom. The minimum absolute atomic E-state index is 0.156. The van der Waals surface area contributed by atoms with Crippen molar-refractivity contribution in [3.63, 3.8) is 0 Å². The normalized spacial score (nSPS) is 10.5. The fraction of sp³-hybridized carbons (Fsp3) is 0.174. The fourth-order valence-corrected chi connectivity index (χ4v) is 3.03. The maximum absolute atomic E-state index is 12.5. The molecule has 0 unspecified atom stereocenters. The van der Waals surface area contributed by atoms with Crippen molar-refractivity contribution in [2.24, 2.45) is 0 Å². The molecule has 0 spiro atoms. The van der Waals surface area contributed by atoms with Crippen LogP contribution in [-0.4, -0.2) is 12.6 Å². The summed E-state index contributed by atoms with van der Waals surface area (Å²) < 4.78 is 0. The van der Waals surface area contributed by atoms with Crippen LogP contribution in [0.1, 0.15) is 28.3 Å². The minimum Gasteiger partial charge on any atom is -0.338 e. The molecule has 2 N–H and O–H groups in total. The SMILES string of the molecule is Cc1ccccc1CCNC(=O)NC(c1ccccc1)c1ccccc1. The van der Waals surface area contributed by atoms with Crippen molar-refractivity contribution < 1.29 is 4.79 Å². The third kappa shape index (κ3) is 4.73. The van der Waals surface area contributed by atoms with Crippen LogP contribution in [0.15, 0.2) is 84.9 Å². The molecule has 3 rings (SSSR count). The molecule has 0 aliphatic carbocycles. The molecule has 0 heterocycles. The highest BCUT2D eigenvalue weighted by Crippen LogP contribution is 2.21. The molecule has 0 fully saturated rings. The highest BCUT2D eigenvalue weighted by molar-refractivity contribution is 5.75. The Kier molecular flexibility index (Phi) is 6.05. The van der Waals surface area contributed by atoms with Crippen molar-refractivity contribution in [3.8, 4) is 0 Å². The molecule has 0 saturated heterocycles. The average Bonchev–Trinajstić information content (AvgIpc) is 2.69. The van der Waals surface area contributed by atoms with Crippen LogP contribution in [0, 0.1) is 6.92 Å². The van der Waals surface area contributed by atoms with Gasteiger partial charge in [0.2, 0.25) is 0 Å². The van der Waals surface area contributed by atoms with Crippen molar-refractivity contribution in [3.05, 3.63) is 107 Å². The summed E-state index contributed by atoms with van der Waals surface area (Å²) in [6.45, 7) is 2.70. The Morgan fingerprint density at radius 2 is 1.35 bits per heavy atom. The number of amides is 2. The molecule has 0 atom stereocenters. The van der Waals surface area contributed by atoms with Crippen molar-refractivity contribution in [2.45, 2.75) is 19.4 Å². The monoisotopic (exact) mass is 344 g/mol. The molecule has 26 heavy (non-hydrogen) atoms. The van der Waals surface area contributed by atoms with Gasteiger partial charge in [-0.1, -0.05) is 84.9 Å². The van der Waals surface area contributed by atoms with Gasteiger partial charge in [0, 0.05) is 6.54 Å². The summed E-state index contributed by atoms with van der Waals surface area (Å²) in [5.74, 6) is 0. The third-order valence-electron chi connectivity index (χ3n) is 4.48. The van der Waals surface area contributed by atoms with Crippen LogP contribution in [0.25, 0.3) is 0 Å².